The molecule has 0 aromatic heterocycles. The molecule has 2 aromatic carbocycles. The lowest BCUT2D eigenvalue weighted by Crippen LogP contribution is -2.47. The van der Waals surface area contributed by atoms with E-state index in [0.717, 1.165) is 27.7 Å². The zero-order valence-corrected chi connectivity index (χ0v) is 17.9. The van der Waals surface area contributed by atoms with Crippen molar-refractivity contribution in [1.82, 2.24) is 4.90 Å². The van der Waals surface area contributed by atoms with E-state index < -0.39 is 0 Å². The van der Waals surface area contributed by atoms with E-state index in [2.05, 4.69) is 80.3 Å². The average molecular weight is 404 g/mol. The number of nitriles is 1. The van der Waals surface area contributed by atoms with E-state index in [1.165, 1.54) is 11.1 Å². The zero-order chi connectivity index (χ0) is 20.5. The highest BCUT2D eigenvalue weighted by atomic mass is 32.2. The zero-order valence-electron chi connectivity index (χ0n) is 17.1. The van der Waals surface area contributed by atoms with E-state index in [4.69, 9.17) is 0 Å². The van der Waals surface area contributed by atoms with Gasteiger partial charge in [0.15, 0.2) is 0 Å². The minimum absolute atomic E-state index is 0.0845. The Kier molecular flexibility index (Phi) is 5.38. The van der Waals surface area contributed by atoms with Gasteiger partial charge in [-0.1, -0.05) is 67.6 Å². The molecule has 0 aliphatic carbocycles. The monoisotopic (exact) mass is 403 g/mol. The van der Waals surface area contributed by atoms with E-state index in [9.17, 15) is 10.1 Å². The topological polar surface area (TPSA) is 47.3 Å². The SMILES string of the molecule is Cc1ccc(N2CSC3=C(C#N)[C@H](c4ccc(C(C)C)cc4)CC(=O)N3C2)cc1. The third-order valence-corrected chi connectivity index (χ3v) is 6.85. The molecule has 4 nitrogen and oxygen atoms in total. The largest absolute Gasteiger partial charge is 0.344 e. The normalized spacial score (nSPS) is 19.4. The summed E-state index contributed by atoms with van der Waals surface area (Å²) in [7, 11) is 0. The van der Waals surface area contributed by atoms with Gasteiger partial charge in [-0.05, 0) is 36.1 Å². The van der Waals surface area contributed by atoms with E-state index in [-0.39, 0.29) is 11.8 Å². The number of allylic oxidation sites excluding steroid dienone is 1. The second-order valence-electron chi connectivity index (χ2n) is 8.02. The molecule has 0 saturated carbocycles. The molecular formula is C24H25N3OS. The molecule has 1 saturated heterocycles. The number of aryl methyl sites for hydroxylation is 1. The summed E-state index contributed by atoms with van der Waals surface area (Å²) in [6.45, 7) is 6.89. The lowest BCUT2D eigenvalue weighted by Gasteiger charge is -2.42. The minimum Gasteiger partial charge on any atom is -0.344 e. The van der Waals surface area contributed by atoms with Gasteiger partial charge in [0.2, 0.25) is 5.91 Å². The summed E-state index contributed by atoms with van der Waals surface area (Å²) in [5.74, 6) is 1.12. The second-order valence-corrected chi connectivity index (χ2v) is 8.95. The molecule has 0 unspecified atom stereocenters. The van der Waals surface area contributed by atoms with E-state index in [1.54, 1.807) is 16.7 Å². The van der Waals surface area contributed by atoms with Crippen molar-refractivity contribution in [1.29, 1.82) is 5.26 Å². The first-order valence-corrected chi connectivity index (χ1v) is 11.0. The Morgan fingerprint density at radius 3 is 2.41 bits per heavy atom. The molecule has 0 N–H and O–H groups in total. The summed E-state index contributed by atoms with van der Waals surface area (Å²) >= 11 is 1.59. The predicted molar refractivity (Wildman–Crippen MR) is 118 cm³/mol. The molecule has 1 amide bonds. The van der Waals surface area contributed by atoms with Crippen LogP contribution in [0.1, 0.15) is 48.8 Å². The number of benzene rings is 2. The molecule has 2 heterocycles. The summed E-state index contributed by atoms with van der Waals surface area (Å²) in [6.07, 6.45) is 0.343. The smallest absolute Gasteiger partial charge is 0.229 e. The van der Waals surface area contributed by atoms with Crippen molar-refractivity contribution in [3.8, 4) is 6.07 Å². The quantitative estimate of drug-likeness (QED) is 0.694. The third-order valence-electron chi connectivity index (χ3n) is 5.70. The summed E-state index contributed by atoms with van der Waals surface area (Å²) in [4.78, 5) is 17.0. The summed E-state index contributed by atoms with van der Waals surface area (Å²) < 4.78 is 0. The van der Waals surface area contributed by atoms with Crippen molar-refractivity contribution in [3.05, 3.63) is 75.8 Å². The number of rotatable bonds is 3. The van der Waals surface area contributed by atoms with Crippen LogP contribution in [0.5, 0.6) is 0 Å². The van der Waals surface area contributed by atoms with Crippen LogP contribution in [-0.2, 0) is 4.79 Å². The number of nitrogens with zero attached hydrogens (tertiary/aromatic N) is 3. The van der Waals surface area contributed by atoms with Crippen LogP contribution in [0.15, 0.2) is 59.1 Å². The van der Waals surface area contributed by atoms with Crippen molar-refractivity contribution < 1.29 is 4.79 Å². The van der Waals surface area contributed by atoms with Gasteiger partial charge >= 0.3 is 0 Å². The van der Waals surface area contributed by atoms with Crippen LogP contribution in [-0.4, -0.2) is 23.4 Å². The highest BCUT2D eigenvalue weighted by Gasteiger charge is 2.38. The lowest BCUT2D eigenvalue weighted by molar-refractivity contribution is -0.129. The Labute approximate surface area is 176 Å². The van der Waals surface area contributed by atoms with Gasteiger partial charge in [-0.2, -0.15) is 5.26 Å². The molecule has 2 aliphatic rings. The molecule has 0 bridgehead atoms. The van der Waals surface area contributed by atoms with Crippen molar-refractivity contribution in [2.45, 2.75) is 39.0 Å². The number of thioether (sulfide) groups is 1. The van der Waals surface area contributed by atoms with Gasteiger partial charge in [0.05, 0.1) is 29.2 Å². The number of amides is 1. The molecule has 2 aliphatic heterocycles. The number of fused-ring (bicyclic) bond motifs is 1. The van der Waals surface area contributed by atoms with Crippen LogP contribution in [0.3, 0.4) is 0 Å². The molecular weight excluding hydrogens is 378 g/mol. The molecule has 29 heavy (non-hydrogen) atoms. The maximum atomic E-state index is 13.0. The standard InChI is InChI=1S/C24H25N3OS/c1-16(2)18-6-8-19(9-7-18)21-12-23(28)27-14-26(15-29-24(27)22(21)13-25)20-10-4-17(3)5-11-20/h4-11,16,21H,12,14-15H2,1-3H3/t21-/m0/s1. The maximum Gasteiger partial charge on any atom is 0.229 e. The minimum atomic E-state index is -0.154. The molecule has 4 rings (SSSR count). The van der Waals surface area contributed by atoms with E-state index >= 15 is 0 Å². The molecule has 0 radical (unpaired) electrons. The number of hydrogen-bond donors (Lipinski definition) is 0. The van der Waals surface area contributed by atoms with Crippen LogP contribution < -0.4 is 4.90 Å². The Hall–Kier alpha value is -2.71. The van der Waals surface area contributed by atoms with Crippen LogP contribution in [0, 0.1) is 18.3 Å². The van der Waals surface area contributed by atoms with Crippen molar-refractivity contribution >= 4 is 23.4 Å². The fraction of sp³-hybridized carbons (Fsp3) is 0.333. The number of hydrogen-bond acceptors (Lipinski definition) is 4. The molecule has 0 spiro atoms. The summed E-state index contributed by atoms with van der Waals surface area (Å²) in [6, 6.07) is 19.1. The van der Waals surface area contributed by atoms with Gasteiger partial charge in [0.1, 0.15) is 0 Å². The molecule has 5 heteroatoms. The number of anilines is 1. The van der Waals surface area contributed by atoms with Gasteiger partial charge in [-0.15, -0.1) is 0 Å². The van der Waals surface area contributed by atoms with Gasteiger partial charge < -0.3 is 4.90 Å². The first-order chi connectivity index (χ1) is 14.0. The van der Waals surface area contributed by atoms with Crippen LogP contribution in [0.25, 0.3) is 0 Å². The molecule has 1 atom stereocenters. The Morgan fingerprint density at radius 2 is 1.79 bits per heavy atom. The highest BCUT2D eigenvalue weighted by Crippen LogP contribution is 2.43. The average Bonchev–Trinajstić information content (AvgIpc) is 2.74. The molecule has 2 aromatic rings. The van der Waals surface area contributed by atoms with Crippen LogP contribution in [0.2, 0.25) is 0 Å². The Morgan fingerprint density at radius 1 is 1.10 bits per heavy atom. The van der Waals surface area contributed by atoms with Gasteiger partial charge in [0.25, 0.3) is 0 Å². The lowest BCUT2D eigenvalue weighted by atomic mass is 9.85. The fourth-order valence-electron chi connectivity index (χ4n) is 3.88. The fourth-order valence-corrected chi connectivity index (χ4v) is 5.05. The third kappa shape index (κ3) is 3.77. The van der Waals surface area contributed by atoms with Crippen molar-refractivity contribution in [3.63, 3.8) is 0 Å². The Balaban J connectivity index is 1.63. The first kappa shape index (κ1) is 19.6. The second kappa shape index (κ2) is 7.96. The van der Waals surface area contributed by atoms with Gasteiger partial charge in [-0.3, -0.25) is 9.69 Å². The molecule has 148 valence electrons. The number of carbonyl (C=O) groups excluding carboxylic acids is 1. The van der Waals surface area contributed by atoms with Crippen molar-refractivity contribution in [2.75, 3.05) is 17.4 Å². The van der Waals surface area contributed by atoms with Crippen LogP contribution >= 0.6 is 11.8 Å². The van der Waals surface area contributed by atoms with Gasteiger partial charge in [-0.25, -0.2) is 0 Å². The first-order valence-electron chi connectivity index (χ1n) is 9.97. The summed E-state index contributed by atoms with van der Waals surface area (Å²) in [5, 5.41) is 10.8. The van der Waals surface area contributed by atoms with E-state index in [0.29, 0.717) is 19.0 Å². The molecule has 1 fully saturated rings. The van der Waals surface area contributed by atoms with E-state index in [1.807, 2.05) is 0 Å². The summed E-state index contributed by atoms with van der Waals surface area (Å²) in [5.41, 5.74) is 5.35. The number of carbonyl (C=O) groups is 1. The van der Waals surface area contributed by atoms with Crippen molar-refractivity contribution in [2.24, 2.45) is 0 Å². The highest BCUT2D eigenvalue weighted by molar-refractivity contribution is 8.03. The Bertz CT molecular complexity index is 986. The predicted octanol–water partition coefficient (Wildman–Crippen LogP) is 5.34. The van der Waals surface area contributed by atoms with Crippen LogP contribution in [0.4, 0.5) is 5.69 Å². The maximum absolute atomic E-state index is 13.0. The van der Waals surface area contributed by atoms with Gasteiger partial charge in [0, 0.05) is 18.0 Å².